The quantitative estimate of drug-likeness (QED) is 0.590. The van der Waals surface area contributed by atoms with Crippen LogP contribution >= 0.6 is 0 Å². The number of carbonyl (C=O) groups is 2. The van der Waals surface area contributed by atoms with Gasteiger partial charge >= 0.3 is 5.97 Å². The lowest BCUT2D eigenvalue weighted by molar-refractivity contribution is -0.146. The molecule has 0 spiro atoms. The summed E-state index contributed by atoms with van der Waals surface area (Å²) < 4.78 is 0. The number of aliphatic carboxylic acids is 1. The molecule has 18 heavy (non-hydrogen) atoms. The Labute approximate surface area is 108 Å². The van der Waals surface area contributed by atoms with E-state index in [1.165, 1.54) is 0 Å². The lowest BCUT2D eigenvalue weighted by atomic mass is 9.95. The molecule has 1 aliphatic carbocycles. The molecule has 3 unspecified atom stereocenters. The molecule has 1 saturated carbocycles. The highest BCUT2D eigenvalue weighted by atomic mass is 16.4. The summed E-state index contributed by atoms with van der Waals surface area (Å²) >= 11 is 0. The smallest absolute Gasteiger partial charge is 0.307 e. The molecule has 0 heterocycles. The molecular weight excluding hydrogens is 232 g/mol. The Morgan fingerprint density at radius 3 is 2.50 bits per heavy atom. The van der Waals surface area contributed by atoms with Crippen LogP contribution in [0, 0.1) is 17.8 Å². The second-order valence-corrected chi connectivity index (χ2v) is 5.13. The lowest BCUT2D eigenvalue weighted by Gasteiger charge is -2.15. The van der Waals surface area contributed by atoms with Crippen LogP contribution in [0.15, 0.2) is 0 Å². The number of amides is 1. The molecule has 5 heteroatoms. The average Bonchev–Trinajstić information content (AvgIpc) is 2.71. The van der Waals surface area contributed by atoms with E-state index in [0.717, 1.165) is 19.5 Å². The second kappa shape index (κ2) is 7.36. The number of hydrogen-bond donors (Lipinski definition) is 3. The van der Waals surface area contributed by atoms with Gasteiger partial charge in [0.25, 0.3) is 0 Å². The topological polar surface area (TPSA) is 78.4 Å². The number of hydrogen-bond acceptors (Lipinski definition) is 3. The van der Waals surface area contributed by atoms with Gasteiger partial charge in [0.15, 0.2) is 0 Å². The van der Waals surface area contributed by atoms with E-state index in [4.69, 9.17) is 5.11 Å². The van der Waals surface area contributed by atoms with Gasteiger partial charge in [0.05, 0.1) is 11.8 Å². The SMILES string of the molecule is CCNCCCNC(=O)C1CC(C)CC1C(=O)O. The largest absolute Gasteiger partial charge is 0.481 e. The van der Waals surface area contributed by atoms with E-state index in [-0.39, 0.29) is 11.8 Å². The van der Waals surface area contributed by atoms with Crippen molar-refractivity contribution < 1.29 is 14.7 Å². The molecule has 0 aromatic heterocycles. The molecule has 5 nitrogen and oxygen atoms in total. The number of carboxylic acids is 1. The first-order valence-corrected chi connectivity index (χ1v) is 6.77. The fourth-order valence-electron chi connectivity index (χ4n) is 2.59. The van der Waals surface area contributed by atoms with Crippen LogP contribution in [0.2, 0.25) is 0 Å². The normalized spacial score (nSPS) is 27.1. The molecule has 3 atom stereocenters. The molecule has 0 aromatic carbocycles. The molecule has 1 rings (SSSR count). The van der Waals surface area contributed by atoms with Crippen LogP contribution in [0.3, 0.4) is 0 Å². The van der Waals surface area contributed by atoms with Gasteiger partial charge in [0.2, 0.25) is 5.91 Å². The molecule has 0 aliphatic heterocycles. The van der Waals surface area contributed by atoms with Crippen LogP contribution in [0.25, 0.3) is 0 Å². The van der Waals surface area contributed by atoms with Gasteiger partial charge in [-0.05, 0) is 38.3 Å². The van der Waals surface area contributed by atoms with Crippen LogP contribution in [0.4, 0.5) is 0 Å². The predicted molar refractivity (Wildman–Crippen MR) is 69.2 cm³/mol. The third kappa shape index (κ3) is 4.29. The van der Waals surface area contributed by atoms with Gasteiger partial charge in [-0.2, -0.15) is 0 Å². The zero-order valence-electron chi connectivity index (χ0n) is 11.2. The van der Waals surface area contributed by atoms with Gasteiger partial charge in [0, 0.05) is 6.54 Å². The Hall–Kier alpha value is -1.10. The summed E-state index contributed by atoms with van der Waals surface area (Å²) in [6, 6.07) is 0. The lowest BCUT2D eigenvalue weighted by Crippen LogP contribution is -2.36. The van der Waals surface area contributed by atoms with Crippen molar-refractivity contribution in [1.82, 2.24) is 10.6 Å². The molecule has 1 fully saturated rings. The fourth-order valence-corrected chi connectivity index (χ4v) is 2.59. The maximum atomic E-state index is 11.9. The minimum absolute atomic E-state index is 0.0942. The van der Waals surface area contributed by atoms with Crippen LogP contribution in [-0.2, 0) is 9.59 Å². The van der Waals surface area contributed by atoms with Gasteiger partial charge in [-0.3, -0.25) is 9.59 Å². The Morgan fingerprint density at radius 2 is 1.89 bits per heavy atom. The molecule has 1 amide bonds. The summed E-state index contributed by atoms with van der Waals surface area (Å²) in [6.07, 6.45) is 2.18. The van der Waals surface area contributed by atoms with E-state index >= 15 is 0 Å². The number of nitrogens with one attached hydrogen (secondary N) is 2. The van der Waals surface area contributed by atoms with E-state index in [2.05, 4.69) is 10.6 Å². The summed E-state index contributed by atoms with van der Waals surface area (Å²) in [5.41, 5.74) is 0. The first-order valence-electron chi connectivity index (χ1n) is 6.77. The average molecular weight is 256 g/mol. The Morgan fingerprint density at radius 1 is 1.22 bits per heavy atom. The summed E-state index contributed by atoms with van der Waals surface area (Å²) in [6.45, 7) is 6.46. The van der Waals surface area contributed by atoms with E-state index in [0.29, 0.717) is 25.3 Å². The molecular formula is C13H24N2O3. The highest BCUT2D eigenvalue weighted by molar-refractivity contribution is 5.85. The molecule has 0 bridgehead atoms. The van der Waals surface area contributed by atoms with Crippen molar-refractivity contribution in [3.63, 3.8) is 0 Å². The van der Waals surface area contributed by atoms with Crippen molar-refractivity contribution in [2.45, 2.75) is 33.1 Å². The Kier molecular flexibility index (Phi) is 6.12. The Balaban J connectivity index is 2.33. The van der Waals surface area contributed by atoms with Crippen molar-refractivity contribution in [3.8, 4) is 0 Å². The third-order valence-corrected chi connectivity index (χ3v) is 3.53. The highest BCUT2D eigenvalue weighted by Gasteiger charge is 2.40. The van der Waals surface area contributed by atoms with Crippen LogP contribution in [0.5, 0.6) is 0 Å². The fraction of sp³-hybridized carbons (Fsp3) is 0.846. The molecule has 0 aromatic rings. The molecule has 0 radical (unpaired) electrons. The standard InChI is InChI=1S/C13H24N2O3/c1-3-14-5-4-6-15-12(16)10-7-9(2)8-11(10)13(17)18/h9-11,14H,3-8H2,1-2H3,(H,15,16)(H,17,18). The maximum absolute atomic E-state index is 11.9. The molecule has 0 saturated heterocycles. The number of carbonyl (C=O) groups excluding carboxylic acids is 1. The van der Waals surface area contributed by atoms with Gasteiger partial charge < -0.3 is 15.7 Å². The third-order valence-electron chi connectivity index (χ3n) is 3.53. The minimum atomic E-state index is -0.841. The summed E-state index contributed by atoms with van der Waals surface area (Å²) in [4.78, 5) is 23.0. The highest BCUT2D eigenvalue weighted by Crippen LogP contribution is 2.36. The van der Waals surface area contributed by atoms with Gasteiger partial charge in [-0.1, -0.05) is 13.8 Å². The number of carboxylic acid groups (broad SMARTS) is 1. The van der Waals surface area contributed by atoms with Crippen molar-refractivity contribution in [2.24, 2.45) is 17.8 Å². The molecule has 3 N–H and O–H groups in total. The summed E-state index contributed by atoms with van der Waals surface area (Å²) in [7, 11) is 0. The zero-order chi connectivity index (χ0) is 13.5. The van der Waals surface area contributed by atoms with Crippen LogP contribution < -0.4 is 10.6 Å². The summed E-state index contributed by atoms with van der Waals surface area (Å²) in [5, 5.41) is 15.1. The first kappa shape index (κ1) is 15.0. The van der Waals surface area contributed by atoms with Crippen molar-refractivity contribution >= 4 is 11.9 Å². The van der Waals surface area contributed by atoms with Crippen LogP contribution in [0.1, 0.15) is 33.1 Å². The molecule has 104 valence electrons. The summed E-state index contributed by atoms with van der Waals surface area (Å²) in [5.74, 6) is -1.47. The first-order chi connectivity index (χ1) is 8.56. The minimum Gasteiger partial charge on any atom is -0.481 e. The van der Waals surface area contributed by atoms with Crippen molar-refractivity contribution in [1.29, 1.82) is 0 Å². The van der Waals surface area contributed by atoms with E-state index in [9.17, 15) is 9.59 Å². The van der Waals surface area contributed by atoms with Gasteiger partial charge in [-0.25, -0.2) is 0 Å². The van der Waals surface area contributed by atoms with Crippen molar-refractivity contribution in [3.05, 3.63) is 0 Å². The maximum Gasteiger partial charge on any atom is 0.307 e. The number of rotatable bonds is 7. The van der Waals surface area contributed by atoms with E-state index in [1.54, 1.807) is 0 Å². The monoisotopic (exact) mass is 256 g/mol. The zero-order valence-corrected chi connectivity index (χ0v) is 11.2. The van der Waals surface area contributed by atoms with E-state index < -0.39 is 11.9 Å². The van der Waals surface area contributed by atoms with Crippen molar-refractivity contribution in [2.75, 3.05) is 19.6 Å². The molecule has 1 aliphatic rings. The van der Waals surface area contributed by atoms with Gasteiger partial charge in [0.1, 0.15) is 0 Å². The predicted octanol–water partition coefficient (Wildman–Crippen LogP) is 0.849. The van der Waals surface area contributed by atoms with E-state index in [1.807, 2.05) is 13.8 Å². The Bertz CT molecular complexity index is 294. The van der Waals surface area contributed by atoms with Crippen LogP contribution in [-0.4, -0.2) is 36.6 Å². The van der Waals surface area contributed by atoms with Gasteiger partial charge in [-0.15, -0.1) is 0 Å². The second-order valence-electron chi connectivity index (χ2n) is 5.13.